The van der Waals surface area contributed by atoms with Crippen LogP contribution in [0.25, 0.3) is 0 Å². The fourth-order valence-corrected chi connectivity index (χ4v) is 4.95. The lowest BCUT2D eigenvalue weighted by molar-refractivity contribution is -0.120. The Morgan fingerprint density at radius 1 is 1.29 bits per heavy atom. The van der Waals surface area contributed by atoms with Crippen LogP contribution >= 0.6 is 0 Å². The van der Waals surface area contributed by atoms with Crippen LogP contribution in [-0.4, -0.2) is 48.4 Å². The van der Waals surface area contributed by atoms with Gasteiger partial charge in [0.25, 0.3) is 0 Å². The molecule has 2 aromatic rings. The van der Waals surface area contributed by atoms with Crippen LogP contribution in [0.2, 0.25) is 0 Å². The molecule has 3 N–H and O–H groups in total. The maximum Gasteiger partial charge on any atom is 0.337 e. The van der Waals surface area contributed by atoms with Crippen LogP contribution < -0.4 is 15.4 Å². The van der Waals surface area contributed by atoms with Crippen molar-refractivity contribution in [2.45, 2.75) is 62.8 Å². The normalized spacial score (nSPS) is 19.3. The minimum absolute atomic E-state index is 0.127. The number of ether oxygens (including phenoxy) is 2. The molecule has 1 spiro atoms. The number of benzene rings is 2. The van der Waals surface area contributed by atoms with Gasteiger partial charge in [-0.25, -0.2) is 4.79 Å². The molecule has 2 aromatic carbocycles. The molecule has 8 nitrogen and oxygen atoms in total. The van der Waals surface area contributed by atoms with Crippen molar-refractivity contribution in [2.24, 2.45) is 0 Å². The monoisotopic (exact) mass is 477 g/mol. The second-order valence-electron chi connectivity index (χ2n) is 9.44. The first-order chi connectivity index (χ1) is 16.8. The first kappa shape index (κ1) is 24.7. The summed E-state index contributed by atoms with van der Waals surface area (Å²) in [5.74, 6) is 0.0844. The van der Waals surface area contributed by atoms with Crippen molar-refractivity contribution in [1.82, 2.24) is 10.6 Å². The Balaban J connectivity index is 1.51. The van der Waals surface area contributed by atoms with Crippen molar-refractivity contribution in [3.05, 3.63) is 64.7 Å². The summed E-state index contributed by atoms with van der Waals surface area (Å²) in [4.78, 5) is 23.9. The van der Waals surface area contributed by atoms with Crippen molar-refractivity contribution < 1.29 is 24.2 Å². The number of aliphatic hydroxyl groups is 1. The minimum Gasteiger partial charge on any atom is -0.487 e. The van der Waals surface area contributed by atoms with E-state index in [2.05, 4.69) is 16.7 Å². The lowest BCUT2D eigenvalue weighted by Crippen LogP contribution is -2.52. The minimum atomic E-state index is -0.878. The number of fused-ring (bicyclic) bond motifs is 1. The van der Waals surface area contributed by atoms with Crippen LogP contribution in [0.1, 0.15) is 65.7 Å². The number of amides is 1. The van der Waals surface area contributed by atoms with E-state index < -0.39 is 18.1 Å². The van der Waals surface area contributed by atoms with Gasteiger partial charge in [0.1, 0.15) is 11.4 Å². The van der Waals surface area contributed by atoms with E-state index in [9.17, 15) is 20.0 Å². The molecule has 8 heteroatoms. The fraction of sp³-hybridized carbons (Fsp3) is 0.444. The van der Waals surface area contributed by atoms with Crippen LogP contribution in [0.3, 0.4) is 0 Å². The Bertz CT molecular complexity index is 1140. The average Bonchev–Trinajstić information content (AvgIpc) is 2.84. The van der Waals surface area contributed by atoms with E-state index >= 15 is 0 Å². The summed E-state index contributed by atoms with van der Waals surface area (Å²) in [5.41, 5.74) is 2.46. The molecule has 1 aliphatic heterocycles. The topological polar surface area (TPSA) is 121 Å². The SMILES string of the molecule is COC(=O)c1ccc2c(c1)[C@@H](NC[C@@H](O)[C@H](Cc1cccc(C#N)c1)NC(C)=O)CC1(CCC1)O2. The number of carbonyl (C=O) groups is 2. The van der Waals surface area contributed by atoms with Gasteiger partial charge in [-0.05, 0) is 61.6 Å². The van der Waals surface area contributed by atoms with Crippen molar-refractivity contribution in [3.63, 3.8) is 0 Å². The van der Waals surface area contributed by atoms with E-state index in [1.165, 1.54) is 14.0 Å². The first-order valence-electron chi connectivity index (χ1n) is 11.9. The van der Waals surface area contributed by atoms with Crippen LogP contribution in [0, 0.1) is 11.3 Å². The zero-order valence-corrected chi connectivity index (χ0v) is 20.0. The number of methoxy groups -OCH3 is 1. The molecule has 184 valence electrons. The zero-order chi connectivity index (χ0) is 25.0. The van der Waals surface area contributed by atoms with Gasteiger partial charge >= 0.3 is 5.97 Å². The maximum atomic E-state index is 12.1. The highest BCUT2D eigenvalue weighted by Crippen LogP contribution is 2.49. The Labute approximate surface area is 205 Å². The lowest BCUT2D eigenvalue weighted by Gasteiger charge is -2.48. The van der Waals surface area contributed by atoms with E-state index in [4.69, 9.17) is 9.47 Å². The molecule has 1 heterocycles. The number of nitrogens with zero attached hydrogens (tertiary/aromatic N) is 1. The number of hydrogen-bond donors (Lipinski definition) is 3. The molecule has 0 bridgehead atoms. The average molecular weight is 478 g/mol. The predicted octanol–water partition coefficient (Wildman–Crippen LogP) is 2.79. The van der Waals surface area contributed by atoms with Gasteiger partial charge in [-0.3, -0.25) is 4.79 Å². The van der Waals surface area contributed by atoms with Gasteiger partial charge in [-0.15, -0.1) is 0 Å². The van der Waals surface area contributed by atoms with Crippen molar-refractivity contribution >= 4 is 11.9 Å². The van der Waals surface area contributed by atoms with E-state index in [0.29, 0.717) is 17.5 Å². The number of nitriles is 1. The van der Waals surface area contributed by atoms with E-state index in [-0.39, 0.29) is 24.1 Å². The third-order valence-electron chi connectivity index (χ3n) is 6.91. The summed E-state index contributed by atoms with van der Waals surface area (Å²) in [6.45, 7) is 1.65. The number of esters is 1. The molecule has 0 saturated heterocycles. The van der Waals surface area contributed by atoms with Crippen LogP contribution in [0.5, 0.6) is 5.75 Å². The lowest BCUT2D eigenvalue weighted by atomic mass is 9.72. The standard InChI is InChI=1S/C27H31N3O5/c1-17(31)30-22(12-18-5-3-6-19(11-18)15-28)24(32)16-29-23-14-27(9-4-10-27)35-25-8-7-20(13-21(23)25)26(33)34-2/h3,5-8,11,13,22-24,29,32H,4,9-10,12,14,16H2,1-2H3,(H,30,31)/t22-,23-,24+/m0/s1. The van der Waals surface area contributed by atoms with Gasteiger partial charge in [-0.2, -0.15) is 5.26 Å². The Kier molecular flexibility index (Phi) is 7.39. The van der Waals surface area contributed by atoms with E-state index in [1.54, 1.807) is 30.3 Å². The van der Waals surface area contributed by atoms with Gasteiger partial charge < -0.3 is 25.2 Å². The van der Waals surface area contributed by atoms with Crippen LogP contribution in [-0.2, 0) is 16.0 Å². The summed E-state index contributed by atoms with van der Waals surface area (Å²) in [7, 11) is 1.35. The van der Waals surface area contributed by atoms with Crippen LogP contribution in [0.15, 0.2) is 42.5 Å². The predicted molar refractivity (Wildman–Crippen MR) is 129 cm³/mol. The molecule has 35 heavy (non-hydrogen) atoms. The molecule has 2 aliphatic rings. The summed E-state index contributed by atoms with van der Waals surface area (Å²) in [6, 6.07) is 13.9. The molecular formula is C27H31N3O5. The van der Waals surface area contributed by atoms with Gasteiger partial charge in [0.2, 0.25) is 5.91 Å². The van der Waals surface area contributed by atoms with Gasteiger partial charge in [0, 0.05) is 31.5 Å². The molecule has 1 saturated carbocycles. The Hall–Kier alpha value is -3.41. The molecule has 0 radical (unpaired) electrons. The summed E-state index contributed by atoms with van der Waals surface area (Å²) < 4.78 is 11.2. The number of hydrogen-bond acceptors (Lipinski definition) is 7. The third-order valence-corrected chi connectivity index (χ3v) is 6.91. The third kappa shape index (κ3) is 5.64. The number of aliphatic hydroxyl groups excluding tert-OH is 1. The summed E-state index contributed by atoms with van der Waals surface area (Å²) >= 11 is 0. The Morgan fingerprint density at radius 2 is 2.09 bits per heavy atom. The van der Waals surface area contributed by atoms with Crippen molar-refractivity contribution in [3.8, 4) is 11.8 Å². The highest BCUT2D eigenvalue weighted by Gasteiger charge is 2.45. The quantitative estimate of drug-likeness (QED) is 0.500. The number of rotatable bonds is 8. The zero-order valence-electron chi connectivity index (χ0n) is 20.0. The van der Waals surface area contributed by atoms with Crippen LogP contribution in [0.4, 0.5) is 0 Å². The van der Waals surface area contributed by atoms with Gasteiger partial charge in [-0.1, -0.05) is 12.1 Å². The second kappa shape index (κ2) is 10.5. The molecule has 1 aliphatic carbocycles. The summed E-state index contributed by atoms with van der Waals surface area (Å²) in [6.07, 6.45) is 3.28. The molecule has 1 amide bonds. The smallest absolute Gasteiger partial charge is 0.337 e. The molecule has 0 unspecified atom stereocenters. The number of carbonyl (C=O) groups excluding carboxylic acids is 2. The van der Waals surface area contributed by atoms with Gasteiger partial charge in [0.15, 0.2) is 0 Å². The second-order valence-corrected chi connectivity index (χ2v) is 9.44. The molecule has 3 atom stereocenters. The highest BCUT2D eigenvalue weighted by molar-refractivity contribution is 5.89. The molecule has 1 fully saturated rings. The molecular weight excluding hydrogens is 446 g/mol. The molecule has 0 aromatic heterocycles. The fourth-order valence-electron chi connectivity index (χ4n) is 4.95. The summed E-state index contributed by atoms with van der Waals surface area (Å²) in [5, 5.41) is 26.5. The van der Waals surface area contributed by atoms with E-state index in [0.717, 1.165) is 42.6 Å². The van der Waals surface area contributed by atoms with Crippen molar-refractivity contribution in [1.29, 1.82) is 5.26 Å². The molecule has 4 rings (SSSR count). The van der Waals surface area contributed by atoms with Crippen molar-refractivity contribution in [2.75, 3.05) is 13.7 Å². The number of nitrogens with one attached hydrogen (secondary N) is 2. The largest absolute Gasteiger partial charge is 0.487 e. The van der Waals surface area contributed by atoms with Gasteiger partial charge in [0.05, 0.1) is 36.5 Å². The Morgan fingerprint density at radius 3 is 2.74 bits per heavy atom. The maximum absolute atomic E-state index is 12.1. The highest BCUT2D eigenvalue weighted by atomic mass is 16.5. The first-order valence-corrected chi connectivity index (χ1v) is 11.9. The van der Waals surface area contributed by atoms with E-state index in [1.807, 2.05) is 12.1 Å².